The van der Waals surface area contributed by atoms with Crippen molar-refractivity contribution in [3.63, 3.8) is 0 Å². The largest absolute Gasteiger partial charge is 0.493 e. The van der Waals surface area contributed by atoms with E-state index in [1.165, 1.54) is 14.2 Å². The summed E-state index contributed by atoms with van der Waals surface area (Å²) in [4.78, 5) is 25.8. The predicted molar refractivity (Wildman–Crippen MR) is 131 cm³/mol. The third-order valence-electron chi connectivity index (χ3n) is 5.87. The van der Waals surface area contributed by atoms with Gasteiger partial charge in [0.05, 0.1) is 26.9 Å². The first-order chi connectivity index (χ1) is 17.4. The molecule has 36 heavy (non-hydrogen) atoms. The van der Waals surface area contributed by atoms with Crippen LogP contribution in [0.2, 0.25) is 0 Å². The number of furan rings is 1. The van der Waals surface area contributed by atoms with Crippen LogP contribution in [-0.4, -0.2) is 33.1 Å². The SMILES string of the molecule is COc1ccc(/C=C2\Oc3c(ccc(OC(=O)c4cc5cccc(OC)c5o4)c3C)C2=O)cc1OC. The molecule has 0 saturated carbocycles. The van der Waals surface area contributed by atoms with Crippen molar-refractivity contribution in [2.75, 3.05) is 21.3 Å². The molecular weight excluding hydrogens is 464 g/mol. The first-order valence-corrected chi connectivity index (χ1v) is 11.0. The van der Waals surface area contributed by atoms with Crippen molar-refractivity contribution < 1.29 is 37.7 Å². The number of benzene rings is 3. The fraction of sp³-hybridized carbons (Fsp3) is 0.143. The minimum absolute atomic E-state index is 0.0282. The number of ketones is 1. The number of carbonyl (C=O) groups excluding carboxylic acids is 2. The summed E-state index contributed by atoms with van der Waals surface area (Å²) in [6.07, 6.45) is 1.62. The Morgan fingerprint density at radius 1 is 0.861 bits per heavy atom. The van der Waals surface area contributed by atoms with Gasteiger partial charge in [-0.2, -0.15) is 0 Å². The zero-order valence-corrected chi connectivity index (χ0v) is 20.0. The van der Waals surface area contributed by atoms with Crippen LogP contribution in [-0.2, 0) is 0 Å². The fourth-order valence-electron chi connectivity index (χ4n) is 4.02. The summed E-state index contributed by atoms with van der Waals surface area (Å²) in [6.45, 7) is 1.72. The molecule has 0 aliphatic carbocycles. The molecule has 1 aliphatic heterocycles. The molecule has 182 valence electrons. The van der Waals surface area contributed by atoms with E-state index in [9.17, 15) is 9.59 Å². The summed E-state index contributed by atoms with van der Waals surface area (Å²) < 4.78 is 33.0. The van der Waals surface area contributed by atoms with Gasteiger partial charge in [-0.25, -0.2) is 4.79 Å². The molecule has 8 heteroatoms. The molecule has 2 heterocycles. The molecule has 0 unspecified atom stereocenters. The second kappa shape index (κ2) is 9.14. The molecule has 3 aromatic carbocycles. The number of fused-ring (bicyclic) bond motifs is 2. The van der Waals surface area contributed by atoms with E-state index < -0.39 is 5.97 Å². The van der Waals surface area contributed by atoms with E-state index in [-0.39, 0.29) is 23.1 Å². The van der Waals surface area contributed by atoms with Crippen molar-refractivity contribution >= 4 is 28.8 Å². The summed E-state index contributed by atoms with van der Waals surface area (Å²) in [7, 11) is 4.61. The van der Waals surface area contributed by atoms with Crippen LogP contribution in [0.25, 0.3) is 17.0 Å². The van der Waals surface area contributed by atoms with Gasteiger partial charge < -0.3 is 28.1 Å². The van der Waals surface area contributed by atoms with Crippen LogP contribution < -0.4 is 23.7 Å². The molecule has 4 aromatic rings. The Hall–Kier alpha value is -4.72. The molecule has 1 aliphatic rings. The maximum Gasteiger partial charge on any atom is 0.379 e. The summed E-state index contributed by atoms with van der Waals surface area (Å²) in [5, 5.41) is 0.714. The molecular formula is C28H22O8. The minimum atomic E-state index is -0.679. The number of allylic oxidation sites excluding steroid dienone is 1. The van der Waals surface area contributed by atoms with E-state index in [1.807, 2.05) is 6.07 Å². The van der Waals surface area contributed by atoms with Crippen molar-refractivity contribution in [3.05, 3.63) is 82.8 Å². The third kappa shape index (κ3) is 3.92. The van der Waals surface area contributed by atoms with E-state index in [1.54, 1.807) is 68.6 Å². The molecule has 0 N–H and O–H groups in total. The first kappa shape index (κ1) is 23.0. The Morgan fingerprint density at radius 2 is 1.61 bits per heavy atom. The quantitative estimate of drug-likeness (QED) is 0.197. The number of methoxy groups -OCH3 is 3. The van der Waals surface area contributed by atoms with Gasteiger partial charge in [0.15, 0.2) is 28.6 Å². The Morgan fingerprint density at radius 3 is 2.36 bits per heavy atom. The number of Topliss-reactive ketones (excluding diaryl/α,β-unsaturated/α-hetero) is 1. The maximum atomic E-state index is 13.0. The lowest BCUT2D eigenvalue weighted by atomic mass is 10.1. The molecule has 0 fully saturated rings. The van der Waals surface area contributed by atoms with Gasteiger partial charge in [-0.15, -0.1) is 0 Å². The van der Waals surface area contributed by atoms with Crippen LogP contribution in [0, 0.1) is 6.92 Å². The number of rotatable bonds is 6. The first-order valence-electron chi connectivity index (χ1n) is 11.0. The van der Waals surface area contributed by atoms with Crippen molar-refractivity contribution in [3.8, 4) is 28.7 Å². The standard InChI is InChI=1S/C28H22O8/c1-15-19(36-28(30)24-14-17-6-5-7-21(32-3)27(17)35-24)11-9-18-25(29)23(34-26(15)18)13-16-8-10-20(31-2)22(12-16)33-4/h5-14H,1-4H3/b23-13-. The van der Waals surface area contributed by atoms with Gasteiger partial charge in [0, 0.05) is 10.9 Å². The normalized spacial score (nSPS) is 13.4. The summed E-state index contributed by atoms with van der Waals surface area (Å²) in [5.41, 5.74) is 2.05. The monoisotopic (exact) mass is 486 g/mol. The van der Waals surface area contributed by atoms with Gasteiger partial charge in [0.1, 0.15) is 11.5 Å². The Balaban J connectivity index is 1.41. The Bertz CT molecular complexity index is 1540. The van der Waals surface area contributed by atoms with E-state index in [0.29, 0.717) is 50.7 Å². The van der Waals surface area contributed by atoms with Gasteiger partial charge in [-0.1, -0.05) is 18.2 Å². The second-order valence-corrected chi connectivity index (χ2v) is 8.00. The van der Waals surface area contributed by atoms with Crippen molar-refractivity contribution in [1.82, 2.24) is 0 Å². The van der Waals surface area contributed by atoms with Gasteiger partial charge in [-0.05, 0) is 55.0 Å². The number of para-hydroxylation sites is 1. The fourth-order valence-corrected chi connectivity index (χ4v) is 4.02. The lowest BCUT2D eigenvalue weighted by molar-refractivity contribution is 0.0702. The Kier molecular flexibility index (Phi) is 5.85. The highest BCUT2D eigenvalue weighted by atomic mass is 16.6. The highest BCUT2D eigenvalue weighted by molar-refractivity contribution is 6.15. The van der Waals surface area contributed by atoms with E-state index in [2.05, 4.69) is 0 Å². The number of ether oxygens (including phenoxy) is 5. The molecule has 0 amide bonds. The lowest BCUT2D eigenvalue weighted by Crippen LogP contribution is -2.08. The highest BCUT2D eigenvalue weighted by Gasteiger charge is 2.31. The summed E-state index contributed by atoms with van der Waals surface area (Å²) in [6, 6.07) is 15.4. The molecule has 8 nitrogen and oxygen atoms in total. The van der Waals surface area contributed by atoms with Gasteiger partial charge in [0.2, 0.25) is 11.5 Å². The number of carbonyl (C=O) groups is 2. The van der Waals surface area contributed by atoms with Crippen LogP contribution in [0.4, 0.5) is 0 Å². The van der Waals surface area contributed by atoms with Crippen molar-refractivity contribution in [1.29, 1.82) is 0 Å². The van der Waals surface area contributed by atoms with E-state index in [0.717, 1.165) is 0 Å². The summed E-state index contributed by atoms with van der Waals surface area (Å²) >= 11 is 0. The minimum Gasteiger partial charge on any atom is -0.493 e. The number of hydrogen-bond acceptors (Lipinski definition) is 8. The smallest absolute Gasteiger partial charge is 0.379 e. The molecule has 0 saturated heterocycles. The van der Waals surface area contributed by atoms with Crippen LogP contribution in [0.3, 0.4) is 0 Å². The summed E-state index contributed by atoms with van der Waals surface area (Å²) in [5.74, 6) is 1.44. The number of esters is 1. The van der Waals surface area contributed by atoms with Gasteiger partial charge in [-0.3, -0.25) is 4.79 Å². The zero-order chi connectivity index (χ0) is 25.4. The van der Waals surface area contributed by atoms with Crippen LogP contribution in [0.5, 0.6) is 28.7 Å². The predicted octanol–water partition coefficient (Wildman–Crippen LogP) is 5.60. The zero-order valence-electron chi connectivity index (χ0n) is 20.0. The molecule has 1 aromatic heterocycles. The van der Waals surface area contributed by atoms with Gasteiger partial charge >= 0.3 is 5.97 Å². The third-order valence-corrected chi connectivity index (χ3v) is 5.87. The van der Waals surface area contributed by atoms with Crippen LogP contribution in [0.1, 0.15) is 32.0 Å². The van der Waals surface area contributed by atoms with E-state index in [4.69, 9.17) is 28.1 Å². The second-order valence-electron chi connectivity index (χ2n) is 8.00. The van der Waals surface area contributed by atoms with E-state index >= 15 is 0 Å². The Labute approximate surface area is 206 Å². The van der Waals surface area contributed by atoms with Crippen molar-refractivity contribution in [2.24, 2.45) is 0 Å². The molecule has 5 rings (SSSR count). The van der Waals surface area contributed by atoms with Crippen molar-refractivity contribution in [2.45, 2.75) is 6.92 Å². The molecule has 0 atom stereocenters. The average molecular weight is 486 g/mol. The highest BCUT2D eigenvalue weighted by Crippen LogP contribution is 2.40. The van der Waals surface area contributed by atoms with Crippen LogP contribution >= 0.6 is 0 Å². The maximum absolute atomic E-state index is 13.0. The molecule has 0 spiro atoms. The molecule has 0 bridgehead atoms. The van der Waals surface area contributed by atoms with Gasteiger partial charge in [0.25, 0.3) is 0 Å². The average Bonchev–Trinajstić information content (AvgIpc) is 3.47. The lowest BCUT2D eigenvalue weighted by Gasteiger charge is -2.09. The number of hydrogen-bond donors (Lipinski definition) is 0. The molecule has 0 radical (unpaired) electrons. The topological polar surface area (TPSA) is 93.4 Å². The van der Waals surface area contributed by atoms with Crippen LogP contribution in [0.15, 0.2) is 64.8 Å².